The number of rotatable bonds is 1. The molecule has 0 radical (unpaired) electrons. The summed E-state index contributed by atoms with van der Waals surface area (Å²) in [4.78, 5) is 7.81. The quantitative estimate of drug-likeness (QED) is 0.701. The molecule has 3 rings (SSSR count). The van der Waals surface area contributed by atoms with E-state index in [1.165, 1.54) is 0 Å². The summed E-state index contributed by atoms with van der Waals surface area (Å²) in [6, 6.07) is 4.04. The second kappa shape index (κ2) is 5.66. The van der Waals surface area contributed by atoms with E-state index in [0.717, 1.165) is 16.5 Å². The summed E-state index contributed by atoms with van der Waals surface area (Å²) in [6.45, 7) is 4.14. The van der Waals surface area contributed by atoms with Crippen molar-refractivity contribution in [1.82, 2.24) is 19.7 Å². The van der Waals surface area contributed by atoms with Crippen molar-refractivity contribution < 1.29 is 0 Å². The van der Waals surface area contributed by atoms with Crippen molar-refractivity contribution in [2.24, 2.45) is 0 Å². The van der Waals surface area contributed by atoms with Crippen LogP contribution in [0.2, 0.25) is 5.02 Å². The molecule has 110 valence electrons. The van der Waals surface area contributed by atoms with Gasteiger partial charge in [0.1, 0.15) is 0 Å². The Morgan fingerprint density at radius 2 is 1.82 bits per heavy atom. The van der Waals surface area contributed by atoms with Crippen molar-refractivity contribution >= 4 is 28.5 Å². The third-order valence-corrected chi connectivity index (χ3v) is 3.46. The fourth-order valence-corrected chi connectivity index (χ4v) is 2.25. The van der Waals surface area contributed by atoms with Gasteiger partial charge in [-0.15, -0.1) is 0 Å². The monoisotopic (exact) mass is 311 g/mol. The molecule has 22 heavy (non-hydrogen) atoms. The van der Waals surface area contributed by atoms with E-state index in [-0.39, 0.29) is 12.0 Å². The minimum Gasteiger partial charge on any atom is -0.368 e. The van der Waals surface area contributed by atoms with Crippen LogP contribution in [-0.2, 0) is 0 Å². The van der Waals surface area contributed by atoms with E-state index < -0.39 is 0 Å². The molecule has 6 heteroatoms. The lowest BCUT2D eigenvalue weighted by Crippen LogP contribution is -1.99. The maximum absolute atomic E-state index is 6.32. The summed E-state index contributed by atoms with van der Waals surface area (Å²) in [7, 11) is 0. The van der Waals surface area contributed by atoms with Crippen LogP contribution in [0.4, 0.5) is 5.95 Å². The zero-order valence-corrected chi connectivity index (χ0v) is 13.0. The molecule has 0 fully saturated rings. The lowest BCUT2D eigenvalue weighted by Gasteiger charge is -2.02. The Morgan fingerprint density at radius 1 is 1.14 bits per heavy atom. The molecule has 0 atom stereocenters. The van der Waals surface area contributed by atoms with E-state index >= 15 is 0 Å². The molecule has 1 aromatic carbocycles. The van der Waals surface area contributed by atoms with Gasteiger partial charge in [-0.2, -0.15) is 5.10 Å². The normalized spacial score (nSPS) is 10.7. The molecule has 0 saturated carbocycles. The maximum atomic E-state index is 6.32. The summed E-state index contributed by atoms with van der Waals surface area (Å²) in [6.07, 6.45) is 5.12. The van der Waals surface area contributed by atoms with Crippen molar-refractivity contribution in [3.8, 4) is 11.8 Å². The van der Waals surface area contributed by atoms with E-state index in [4.69, 9.17) is 17.3 Å². The first kappa shape index (κ1) is 14.4. The Bertz CT molecular complexity index is 885. The van der Waals surface area contributed by atoms with Crippen molar-refractivity contribution in [3.63, 3.8) is 0 Å². The number of hydrogen-bond acceptors (Lipinski definition) is 4. The number of benzene rings is 1. The fraction of sp³-hybridized carbons (Fsp3) is 0.188. The molecule has 2 heterocycles. The summed E-state index contributed by atoms with van der Waals surface area (Å²) >= 11 is 6.32. The zero-order chi connectivity index (χ0) is 15.7. The summed E-state index contributed by atoms with van der Waals surface area (Å²) in [5, 5.41) is 6.09. The SMILES string of the molecule is CC(C)n1cc2c(Cl)cc(C#Cc3cnc(N)nc3)cc2n1. The summed E-state index contributed by atoms with van der Waals surface area (Å²) in [5.74, 6) is 6.26. The lowest BCUT2D eigenvalue weighted by molar-refractivity contribution is 0.537. The van der Waals surface area contributed by atoms with E-state index in [2.05, 4.69) is 40.8 Å². The lowest BCUT2D eigenvalue weighted by atomic mass is 10.1. The number of nitrogen functional groups attached to an aromatic ring is 1. The Balaban J connectivity index is 2.00. The van der Waals surface area contributed by atoms with Crippen LogP contribution in [0.25, 0.3) is 10.9 Å². The second-order valence-electron chi connectivity index (χ2n) is 5.17. The average molecular weight is 312 g/mol. The van der Waals surface area contributed by atoms with Crippen LogP contribution < -0.4 is 5.73 Å². The number of hydrogen-bond donors (Lipinski definition) is 1. The van der Waals surface area contributed by atoms with Gasteiger partial charge in [-0.3, -0.25) is 4.68 Å². The van der Waals surface area contributed by atoms with Crippen LogP contribution in [0.5, 0.6) is 0 Å². The predicted octanol–water partition coefficient (Wildman–Crippen LogP) is 3.04. The molecule has 0 bridgehead atoms. The molecular weight excluding hydrogens is 298 g/mol. The minimum atomic E-state index is 0.231. The molecule has 2 aromatic heterocycles. The van der Waals surface area contributed by atoms with Gasteiger partial charge in [0.05, 0.1) is 16.1 Å². The van der Waals surface area contributed by atoms with Gasteiger partial charge in [0.15, 0.2) is 0 Å². The topological polar surface area (TPSA) is 69.6 Å². The number of nitrogens with two attached hydrogens (primary N) is 1. The third kappa shape index (κ3) is 2.87. The smallest absolute Gasteiger partial charge is 0.219 e. The Kier molecular flexibility index (Phi) is 3.70. The molecular formula is C16H14ClN5. The van der Waals surface area contributed by atoms with Crippen LogP contribution in [-0.4, -0.2) is 19.7 Å². The summed E-state index contributed by atoms with van der Waals surface area (Å²) < 4.78 is 1.89. The van der Waals surface area contributed by atoms with Gasteiger partial charge in [-0.25, -0.2) is 9.97 Å². The van der Waals surface area contributed by atoms with Crippen molar-refractivity contribution in [1.29, 1.82) is 0 Å². The van der Waals surface area contributed by atoms with E-state index in [1.807, 2.05) is 23.0 Å². The molecule has 0 unspecified atom stereocenters. The highest BCUT2D eigenvalue weighted by molar-refractivity contribution is 6.35. The van der Waals surface area contributed by atoms with Crippen LogP contribution in [0, 0.1) is 11.8 Å². The van der Waals surface area contributed by atoms with Crippen LogP contribution >= 0.6 is 11.6 Å². The van der Waals surface area contributed by atoms with Gasteiger partial charge >= 0.3 is 0 Å². The largest absolute Gasteiger partial charge is 0.368 e. The van der Waals surface area contributed by atoms with Gasteiger partial charge < -0.3 is 5.73 Å². The Hall–Kier alpha value is -2.58. The van der Waals surface area contributed by atoms with Gasteiger partial charge in [0.25, 0.3) is 0 Å². The Morgan fingerprint density at radius 3 is 2.50 bits per heavy atom. The van der Waals surface area contributed by atoms with Crippen molar-refractivity contribution in [2.45, 2.75) is 19.9 Å². The van der Waals surface area contributed by atoms with Crippen LogP contribution in [0.15, 0.2) is 30.7 Å². The fourth-order valence-electron chi connectivity index (χ4n) is 1.98. The molecule has 0 spiro atoms. The van der Waals surface area contributed by atoms with E-state index in [0.29, 0.717) is 10.6 Å². The molecule has 0 aliphatic rings. The van der Waals surface area contributed by atoms with Crippen LogP contribution in [0.1, 0.15) is 31.0 Å². The van der Waals surface area contributed by atoms with E-state index in [1.54, 1.807) is 12.4 Å². The van der Waals surface area contributed by atoms with Crippen molar-refractivity contribution in [3.05, 3.63) is 46.9 Å². The number of nitrogens with zero attached hydrogens (tertiary/aromatic N) is 4. The number of halogens is 1. The molecule has 0 aliphatic carbocycles. The van der Waals surface area contributed by atoms with Gasteiger partial charge in [0, 0.05) is 35.6 Å². The standard InChI is InChI=1S/C16H14ClN5/c1-10(2)22-9-13-14(17)5-11(6-15(13)21-22)3-4-12-7-19-16(18)20-8-12/h5-10H,1-2H3,(H2,18,19,20). The first-order valence-electron chi connectivity index (χ1n) is 6.81. The van der Waals surface area contributed by atoms with Gasteiger partial charge in [0.2, 0.25) is 5.95 Å². The average Bonchev–Trinajstić information content (AvgIpc) is 2.92. The molecule has 0 aliphatic heterocycles. The van der Waals surface area contributed by atoms with E-state index in [9.17, 15) is 0 Å². The molecule has 0 saturated heterocycles. The van der Waals surface area contributed by atoms with Gasteiger partial charge in [-0.1, -0.05) is 23.4 Å². The zero-order valence-electron chi connectivity index (χ0n) is 12.2. The highest BCUT2D eigenvalue weighted by atomic mass is 35.5. The van der Waals surface area contributed by atoms with Crippen molar-refractivity contribution in [2.75, 3.05) is 5.73 Å². The number of anilines is 1. The number of aromatic nitrogens is 4. The Labute approximate surface area is 133 Å². The minimum absolute atomic E-state index is 0.231. The molecule has 0 amide bonds. The first-order valence-corrected chi connectivity index (χ1v) is 7.18. The first-order chi connectivity index (χ1) is 10.5. The highest BCUT2D eigenvalue weighted by Gasteiger charge is 2.08. The summed E-state index contributed by atoms with van der Waals surface area (Å²) in [5.41, 5.74) is 7.76. The second-order valence-corrected chi connectivity index (χ2v) is 5.58. The third-order valence-electron chi connectivity index (χ3n) is 3.14. The molecule has 3 aromatic rings. The highest BCUT2D eigenvalue weighted by Crippen LogP contribution is 2.25. The molecule has 5 nitrogen and oxygen atoms in total. The predicted molar refractivity (Wildman–Crippen MR) is 87.6 cm³/mol. The molecule has 2 N–H and O–H groups in total. The van der Waals surface area contributed by atoms with Gasteiger partial charge in [-0.05, 0) is 26.0 Å². The number of fused-ring (bicyclic) bond motifs is 1. The van der Waals surface area contributed by atoms with Crippen LogP contribution in [0.3, 0.4) is 0 Å². The maximum Gasteiger partial charge on any atom is 0.219 e.